The molecule has 4 heteroatoms. The smallest absolute Gasteiger partial charge is 0.248 e. The summed E-state index contributed by atoms with van der Waals surface area (Å²) in [5, 5.41) is 1.04. The van der Waals surface area contributed by atoms with E-state index in [2.05, 4.69) is 0 Å². The second kappa shape index (κ2) is 7.32. The van der Waals surface area contributed by atoms with Crippen LogP contribution in [0, 0.1) is 0 Å². The Balaban J connectivity index is 1.58. The monoisotopic (exact) mass is 323 g/mol. The highest BCUT2D eigenvalue weighted by molar-refractivity contribution is 5.79. The molecule has 124 valence electrons. The van der Waals surface area contributed by atoms with Gasteiger partial charge in [0.05, 0.1) is 12.6 Å². The standard InChI is InChI=1S/C20H21NO3/c1-15(19-12-17-10-6-7-11-18(17)24-19)21(2)20(22)14-23-13-16-8-4-3-5-9-16/h3-12,15H,13-14H2,1-2H3. The van der Waals surface area contributed by atoms with E-state index < -0.39 is 0 Å². The molecule has 1 atom stereocenters. The Labute approximate surface area is 141 Å². The van der Waals surface area contributed by atoms with Gasteiger partial charge in [0.2, 0.25) is 5.91 Å². The molecule has 1 aromatic heterocycles. The van der Waals surface area contributed by atoms with E-state index in [9.17, 15) is 4.79 Å². The van der Waals surface area contributed by atoms with Gasteiger partial charge in [0.25, 0.3) is 0 Å². The number of likely N-dealkylation sites (N-methyl/N-ethyl adjacent to an activating group) is 1. The van der Waals surface area contributed by atoms with Gasteiger partial charge in [-0.3, -0.25) is 4.79 Å². The molecule has 3 aromatic rings. The van der Waals surface area contributed by atoms with Crippen LogP contribution in [-0.4, -0.2) is 24.5 Å². The molecular weight excluding hydrogens is 302 g/mol. The van der Waals surface area contributed by atoms with Crippen LogP contribution in [0.15, 0.2) is 65.1 Å². The van der Waals surface area contributed by atoms with Gasteiger partial charge in [-0.1, -0.05) is 48.5 Å². The number of carbonyl (C=O) groups excluding carboxylic acids is 1. The molecule has 1 heterocycles. The molecule has 2 aromatic carbocycles. The highest BCUT2D eigenvalue weighted by Crippen LogP contribution is 2.26. The molecule has 0 bridgehead atoms. The lowest BCUT2D eigenvalue weighted by Gasteiger charge is -2.23. The van der Waals surface area contributed by atoms with Crippen molar-refractivity contribution in [3.05, 3.63) is 72.0 Å². The molecule has 4 nitrogen and oxygen atoms in total. The Morgan fingerprint density at radius 3 is 2.58 bits per heavy atom. The Bertz CT molecular complexity index is 777. The molecule has 1 amide bonds. The lowest BCUT2D eigenvalue weighted by atomic mass is 10.2. The maximum atomic E-state index is 12.3. The zero-order valence-electron chi connectivity index (χ0n) is 13.9. The van der Waals surface area contributed by atoms with E-state index in [-0.39, 0.29) is 18.6 Å². The second-order valence-corrected chi connectivity index (χ2v) is 5.85. The van der Waals surface area contributed by atoms with Crippen molar-refractivity contribution in [1.82, 2.24) is 4.90 Å². The van der Waals surface area contributed by atoms with Crippen LogP contribution in [0.4, 0.5) is 0 Å². The summed E-state index contributed by atoms with van der Waals surface area (Å²) in [4.78, 5) is 14.0. The molecule has 0 aliphatic heterocycles. The van der Waals surface area contributed by atoms with Gasteiger partial charge in [0.1, 0.15) is 18.0 Å². The highest BCUT2D eigenvalue weighted by atomic mass is 16.5. The Morgan fingerprint density at radius 1 is 1.12 bits per heavy atom. The van der Waals surface area contributed by atoms with E-state index in [4.69, 9.17) is 9.15 Å². The molecule has 0 aliphatic rings. The summed E-state index contributed by atoms with van der Waals surface area (Å²) in [6.07, 6.45) is 0. The van der Waals surface area contributed by atoms with Crippen LogP contribution in [0.5, 0.6) is 0 Å². The number of hydrogen-bond acceptors (Lipinski definition) is 3. The first-order valence-electron chi connectivity index (χ1n) is 8.01. The van der Waals surface area contributed by atoms with Crippen LogP contribution < -0.4 is 0 Å². The molecule has 1 unspecified atom stereocenters. The van der Waals surface area contributed by atoms with E-state index >= 15 is 0 Å². The predicted octanol–water partition coefficient (Wildman–Crippen LogP) is 4.17. The number of fused-ring (bicyclic) bond motifs is 1. The molecule has 0 fully saturated rings. The van der Waals surface area contributed by atoms with Crippen LogP contribution in [0.25, 0.3) is 11.0 Å². The number of rotatable bonds is 6. The lowest BCUT2D eigenvalue weighted by Crippen LogP contribution is -2.32. The van der Waals surface area contributed by atoms with Gasteiger partial charge in [0.15, 0.2) is 0 Å². The predicted molar refractivity (Wildman–Crippen MR) is 93.5 cm³/mol. The third-order valence-corrected chi connectivity index (χ3v) is 4.17. The summed E-state index contributed by atoms with van der Waals surface area (Å²) >= 11 is 0. The average molecular weight is 323 g/mol. The maximum Gasteiger partial charge on any atom is 0.248 e. The maximum absolute atomic E-state index is 12.3. The van der Waals surface area contributed by atoms with Crippen molar-refractivity contribution in [3.8, 4) is 0 Å². The number of furan rings is 1. The third-order valence-electron chi connectivity index (χ3n) is 4.17. The summed E-state index contributed by atoms with van der Waals surface area (Å²) in [6, 6.07) is 19.5. The molecule has 0 N–H and O–H groups in total. The largest absolute Gasteiger partial charge is 0.459 e. The van der Waals surface area contributed by atoms with Crippen molar-refractivity contribution < 1.29 is 13.9 Å². The molecule has 0 aliphatic carbocycles. The van der Waals surface area contributed by atoms with Crippen molar-refractivity contribution >= 4 is 16.9 Å². The van der Waals surface area contributed by atoms with Crippen LogP contribution >= 0.6 is 0 Å². The summed E-state index contributed by atoms with van der Waals surface area (Å²) in [7, 11) is 1.77. The molecule has 0 spiro atoms. The van der Waals surface area contributed by atoms with Crippen LogP contribution in [0.2, 0.25) is 0 Å². The van der Waals surface area contributed by atoms with Crippen molar-refractivity contribution in [1.29, 1.82) is 0 Å². The highest BCUT2D eigenvalue weighted by Gasteiger charge is 2.20. The van der Waals surface area contributed by atoms with Gasteiger partial charge >= 0.3 is 0 Å². The minimum absolute atomic E-state index is 0.0516. The van der Waals surface area contributed by atoms with E-state index in [1.54, 1.807) is 11.9 Å². The minimum Gasteiger partial charge on any atom is -0.459 e. The molecule has 0 saturated carbocycles. The summed E-state index contributed by atoms with van der Waals surface area (Å²) in [5.41, 5.74) is 1.89. The van der Waals surface area contributed by atoms with Gasteiger partial charge in [-0.05, 0) is 24.6 Å². The van der Waals surface area contributed by atoms with Crippen molar-refractivity contribution in [3.63, 3.8) is 0 Å². The van der Waals surface area contributed by atoms with Gasteiger partial charge in [-0.15, -0.1) is 0 Å². The molecule has 3 rings (SSSR count). The number of benzene rings is 2. The Kier molecular flexibility index (Phi) is 4.96. The van der Waals surface area contributed by atoms with Crippen molar-refractivity contribution in [2.75, 3.05) is 13.7 Å². The number of para-hydroxylation sites is 1. The summed E-state index contributed by atoms with van der Waals surface area (Å²) in [5.74, 6) is 0.703. The van der Waals surface area contributed by atoms with Gasteiger partial charge in [0, 0.05) is 12.4 Å². The van der Waals surface area contributed by atoms with Gasteiger partial charge in [-0.25, -0.2) is 0 Å². The second-order valence-electron chi connectivity index (χ2n) is 5.85. The van der Waals surface area contributed by atoms with Gasteiger partial charge in [-0.2, -0.15) is 0 Å². The fourth-order valence-corrected chi connectivity index (χ4v) is 2.55. The molecular formula is C20H21NO3. The van der Waals surface area contributed by atoms with E-state index in [0.717, 1.165) is 22.3 Å². The first kappa shape index (κ1) is 16.3. The van der Waals surface area contributed by atoms with Crippen molar-refractivity contribution in [2.45, 2.75) is 19.6 Å². The van der Waals surface area contributed by atoms with E-state index in [1.165, 1.54) is 0 Å². The Morgan fingerprint density at radius 2 is 1.83 bits per heavy atom. The zero-order chi connectivity index (χ0) is 16.9. The van der Waals surface area contributed by atoms with E-state index in [1.807, 2.05) is 67.6 Å². The average Bonchev–Trinajstić information content (AvgIpc) is 3.05. The number of amides is 1. The van der Waals surface area contributed by atoms with Crippen LogP contribution in [-0.2, 0) is 16.1 Å². The number of hydrogen-bond donors (Lipinski definition) is 0. The SMILES string of the molecule is CC(c1cc2ccccc2o1)N(C)C(=O)COCc1ccccc1. The topological polar surface area (TPSA) is 42.7 Å². The molecule has 0 saturated heterocycles. The van der Waals surface area contributed by atoms with E-state index in [0.29, 0.717) is 6.61 Å². The summed E-state index contributed by atoms with van der Waals surface area (Å²) < 4.78 is 11.4. The fraction of sp³-hybridized carbons (Fsp3) is 0.250. The third kappa shape index (κ3) is 3.66. The first-order valence-corrected chi connectivity index (χ1v) is 8.01. The first-order chi connectivity index (χ1) is 11.6. The lowest BCUT2D eigenvalue weighted by molar-refractivity contribution is -0.137. The number of ether oxygens (including phenoxy) is 1. The van der Waals surface area contributed by atoms with Crippen molar-refractivity contribution in [2.24, 2.45) is 0 Å². The van der Waals surface area contributed by atoms with Gasteiger partial charge < -0.3 is 14.1 Å². The molecule has 24 heavy (non-hydrogen) atoms. The van der Waals surface area contributed by atoms with Crippen LogP contribution in [0.3, 0.4) is 0 Å². The Hall–Kier alpha value is -2.59. The quantitative estimate of drug-likeness (QED) is 0.684. The normalized spacial score (nSPS) is 12.2. The summed E-state index contributed by atoms with van der Waals surface area (Å²) in [6.45, 7) is 2.43. The minimum atomic E-state index is -0.148. The number of nitrogens with zero attached hydrogens (tertiary/aromatic N) is 1. The van der Waals surface area contributed by atoms with Crippen LogP contribution in [0.1, 0.15) is 24.3 Å². The fourth-order valence-electron chi connectivity index (χ4n) is 2.55. The molecule has 0 radical (unpaired) electrons. The zero-order valence-corrected chi connectivity index (χ0v) is 13.9. The number of carbonyl (C=O) groups is 1.